The molecule has 2 aromatic carbocycles. The molecule has 0 spiro atoms. The molecule has 2 aliphatic heterocycles. The first-order valence-corrected chi connectivity index (χ1v) is 10.2. The molecular formula is C21H20ClN5O5. The van der Waals surface area contributed by atoms with Crippen LogP contribution >= 0.6 is 11.6 Å². The first-order chi connectivity index (χ1) is 15.4. The Morgan fingerprint density at radius 3 is 2.56 bits per heavy atom. The summed E-state index contributed by atoms with van der Waals surface area (Å²) in [5.41, 5.74) is 0.864. The number of halogens is 1. The average Bonchev–Trinajstić information content (AvgIpc) is 3.28. The Morgan fingerprint density at radius 1 is 1.16 bits per heavy atom. The van der Waals surface area contributed by atoms with Crippen LogP contribution in [0, 0.1) is 0 Å². The normalized spacial score (nSPS) is 19.3. The number of fused-ring (bicyclic) bond motifs is 1. The molecule has 2 aromatic rings. The lowest BCUT2D eigenvalue weighted by Crippen LogP contribution is -2.43. The Balaban J connectivity index is 1.45. The van der Waals surface area contributed by atoms with Gasteiger partial charge in [0.15, 0.2) is 12.1 Å². The van der Waals surface area contributed by atoms with Crippen molar-refractivity contribution in [2.45, 2.75) is 19.0 Å². The zero-order chi connectivity index (χ0) is 22.8. The molecule has 10 nitrogen and oxygen atoms in total. The quantitative estimate of drug-likeness (QED) is 0.639. The zero-order valence-electron chi connectivity index (χ0n) is 17.3. The minimum absolute atomic E-state index is 0.259. The molecule has 2 heterocycles. The maximum atomic E-state index is 13.0. The summed E-state index contributed by atoms with van der Waals surface area (Å²) in [6, 6.07) is 9.46. The molecule has 4 rings (SSSR count). The molecule has 0 aliphatic carbocycles. The molecule has 1 saturated heterocycles. The van der Waals surface area contributed by atoms with Gasteiger partial charge in [-0.1, -0.05) is 16.8 Å². The first-order valence-electron chi connectivity index (χ1n) is 9.84. The molecule has 166 valence electrons. The molecule has 3 amide bonds. The van der Waals surface area contributed by atoms with Crippen molar-refractivity contribution in [1.29, 1.82) is 0 Å². The average molecular weight is 458 g/mol. The molecule has 0 bridgehead atoms. The van der Waals surface area contributed by atoms with Gasteiger partial charge in [0.05, 0.1) is 24.4 Å². The third-order valence-electron chi connectivity index (χ3n) is 5.00. The van der Waals surface area contributed by atoms with Crippen molar-refractivity contribution in [2.75, 3.05) is 30.5 Å². The fourth-order valence-electron chi connectivity index (χ4n) is 3.56. The van der Waals surface area contributed by atoms with Gasteiger partial charge in [0, 0.05) is 5.69 Å². The smallest absolute Gasteiger partial charge is 0.263 e. The van der Waals surface area contributed by atoms with E-state index in [0.717, 1.165) is 4.90 Å². The van der Waals surface area contributed by atoms with Gasteiger partial charge in [-0.3, -0.25) is 19.4 Å². The van der Waals surface area contributed by atoms with Gasteiger partial charge in [0.1, 0.15) is 18.0 Å². The van der Waals surface area contributed by atoms with Crippen molar-refractivity contribution in [1.82, 2.24) is 5.01 Å². The highest BCUT2D eigenvalue weighted by Gasteiger charge is 2.55. The Morgan fingerprint density at radius 2 is 1.91 bits per heavy atom. The number of rotatable bonds is 7. The SMILES string of the molecule is CCOc1ccc(N2C(=O)[C@@H]3[C@@H](N=NN3CC(=O)Nc3ccc(OC)c(Cl)c3)C2=O)cc1. The van der Waals surface area contributed by atoms with Crippen molar-refractivity contribution in [3.63, 3.8) is 0 Å². The highest BCUT2D eigenvalue weighted by molar-refractivity contribution is 6.32. The van der Waals surface area contributed by atoms with E-state index in [1.165, 1.54) is 12.1 Å². The predicted octanol–water partition coefficient (Wildman–Crippen LogP) is 2.68. The van der Waals surface area contributed by atoms with E-state index in [9.17, 15) is 14.4 Å². The van der Waals surface area contributed by atoms with Crippen LogP contribution in [-0.4, -0.2) is 55.1 Å². The summed E-state index contributed by atoms with van der Waals surface area (Å²) >= 11 is 6.08. The van der Waals surface area contributed by atoms with Gasteiger partial charge in [-0.05, 0) is 49.4 Å². The van der Waals surface area contributed by atoms with Gasteiger partial charge in [-0.15, -0.1) is 0 Å². The summed E-state index contributed by atoms with van der Waals surface area (Å²) in [7, 11) is 1.49. The number of methoxy groups -OCH3 is 1. The highest BCUT2D eigenvalue weighted by Crippen LogP contribution is 2.33. The Hall–Kier alpha value is -3.66. The fourth-order valence-corrected chi connectivity index (χ4v) is 3.82. The topological polar surface area (TPSA) is 113 Å². The third-order valence-corrected chi connectivity index (χ3v) is 5.30. The zero-order valence-corrected chi connectivity index (χ0v) is 18.1. The van der Waals surface area contributed by atoms with Crippen LogP contribution in [0.2, 0.25) is 5.02 Å². The second-order valence-electron chi connectivity index (χ2n) is 7.03. The number of carbonyl (C=O) groups excluding carboxylic acids is 3. The maximum absolute atomic E-state index is 13.0. The Labute approximate surface area is 188 Å². The number of anilines is 2. The van der Waals surface area contributed by atoms with Gasteiger partial charge >= 0.3 is 0 Å². The molecule has 2 aliphatic rings. The van der Waals surface area contributed by atoms with E-state index in [4.69, 9.17) is 21.1 Å². The van der Waals surface area contributed by atoms with Crippen LogP contribution in [0.25, 0.3) is 0 Å². The van der Waals surface area contributed by atoms with E-state index >= 15 is 0 Å². The van der Waals surface area contributed by atoms with E-state index in [1.807, 2.05) is 6.92 Å². The number of carbonyl (C=O) groups is 3. The minimum Gasteiger partial charge on any atom is -0.495 e. The molecule has 32 heavy (non-hydrogen) atoms. The van der Waals surface area contributed by atoms with Crippen LogP contribution < -0.4 is 19.7 Å². The standard InChI is InChI=1S/C21H20ClN5O5/c1-3-32-14-7-5-13(6-8-14)27-20(29)18-19(21(27)30)26(25-24-18)11-17(28)23-12-4-9-16(31-2)15(22)10-12/h4-10,18-19H,3,11H2,1-2H3,(H,23,28)/t18-,19+/m1/s1. The lowest BCUT2D eigenvalue weighted by molar-refractivity contribution is -0.123. The van der Waals surface area contributed by atoms with Gasteiger partial charge < -0.3 is 14.8 Å². The summed E-state index contributed by atoms with van der Waals surface area (Å²) in [4.78, 5) is 39.4. The first kappa shape index (κ1) is 21.6. The summed E-state index contributed by atoms with van der Waals surface area (Å²) in [5.74, 6) is -0.310. The molecule has 0 unspecified atom stereocenters. The summed E-state index contributed by atoms with van der Waals surface area (Å²) in [6.45, 7) is 2.11. The number of ether oxygens (including phenoxy) is 2. The number of amides is 3. The molecule has 0 saturated carbocycles. The molecule has 1 N–H and O–H groups in total. The maximum Gasteiger partial charge on any atom is 0.263 e. The number of imide groups is 1. The van der Waals surface area contributed by atoms with Crippen LogP contribution in [-0.2, 0) is 14.4 Å². The lowest BCUT2D eigenvalue weighted by atomic mass is 10.1. The van der Waals surface area contributed by atoms with E-state index in [1.54, 1.807) is 42.5 Å². The van der Waals surface area contributed by atoms with Crippen LogP contribution in [0.3, 0.4) is 0 Å². The fraction of sp³-hybridized carbons (Fsp3) is 0.286. The number of hydrogen-bond donors (Lipinski definition) is 1. The summed E-state index contributed by atoms with van der Waals surface area (Å²) in [5, 5.41) is 12.0. The van der Waals surface area contributed by atoms with E-state index in [-0.39, 0.29) is 6.54 Å². The van der Waals surface area contributed by atoms with Crippen molar-refractivity contribution < 1.29 is 23.9 Å². The Kier molecular flexibility index (Phi) is 5.95. The number of nitrogens with zero attached hydrogens (tertiary/aromatic N) is 4. The minimum atomic E-state index is -0.989. The summed E-state index contributed by atoms with van der Waals surface area (Å²) in [6.07, 6.45) is 0. The number of nitrogens with one attached hydrogen (secondary N) is 1. The van der Waals surface area contributed by atoms with Crippen molar-refractivity contribution in [2.24, 2.45) is 10.3 Å². The second-order valence-corrected chi connectivity index (χ2v) is 7.44. The van der Waals surface area contributed by atoms with Crippen LogP contribution in [0.1, 0.15) is 6.92 Å². The lowest BCUT2D eigenvalue weighted by Gasteiger charge is -2.20. The molecule has 0 radical (unpaired) electrons. The van der Waals surface area contributed by atoms with Crippen LogP contribution in [0.4, 0.5) is 11.4 Å². The van der Waals surface area contributed by atoms with Crippen molar-refractivity contribution in [3.05, 3.63) is 47.5 Å². The van der Waals surface area contributed by atoms with Gasteiger partial charge in [-0.25, -0.2) is 4.90 Å². The number of hydrogen-bond acceptors (Lipinski definition) is 8. The van der Waals surface area contributed by atoms with E-state index in [2.05, 4.69) is 15.7 Å². The van der Waals surface area contributed by atoms with Crippen LogP contribution in [0.5, 0.6) is 11.5 Å². The largest absolute Gasteiger partial charge is 0.495 e. The predicted molar refractivity (Wildman–Crippen MR) is 116 cm³/mol. The summed E-state index contributed by atoms with van der Waals surface area (Å²) < 4.78 is 10.5. The number of benzene rings is 2. The van der Waals surface area contributed by atoms with Gasteiger partial charge in [0.2, 0.25) is 5.91 Å². The van der Waals surface area contributed by atoms with Gasteiger partial charge in [-0.2, -0.15) is 5.11 Å². The van der Waals surface area contributed by atoms with Crippen molar-refractivity contribution in [3.8, 4) is 11.5 Å². The Bertz CT molecular complexity index is 1090. The molecule has 0 aromatic heterocycles. The van der Waals surface area contributed by atoms with E-state index < -0.39 is 29.8 Å². The van der Waals surface area contributed by atoms with E-state index in [0.29, 0.717) is 34.5 Å². The van der Waals surface area contributed by atoms with Crippen molar-refractivity contribution >= 4 is 40.7 Å². The molecule has 11 heteroatoms. The van der Waals surface area contributed by atoms with Crippen LogP contribution in [0.15, 0.2) is 52.8 Å². The molecular weight excluding hydrogens is 438 g/mol. The monoisotopic (exact) mass is 457 g/mol. The van der Waals surface area contributed by atoms with Gasteiger partial charge in [0.25, 0.3) is 11.8 Å². The third kappa shape index (κ3) is 3.96. The molecule has 1 fully saturated rings. The highest BCUT2D eigenvalue weighted by atomic mass is 35.5. The second kappa shape index (κ2) is 8.83. The molecule has 2 atom stereocenters.